The van der Waals surface area contributed by atoms with E-state index in [-0.39, 0.29) is 13.0 Å². The molecule has 1 unspecified atom stereocenters. The summed E-state index contributed by atoms with van der Waals surface area (Å²) < 4.78 is 5.03. The van der Waals surface area contributed by atoms with Gasteiger partial charge in [0.25, 0.3) is 0 Å². The van der Waals surface area contributed by atoms with E-state index in [0.717, 1.165) is 19.3 Å². The lowest BCUT2D eigenvalue weighted by molar-refractivity contribution is -0.152. The molecule has 0 rings (SSSR count). The fraction of sp³-hybridized carbons (Fsp3) is 0.812. The first-order valence-corrected chi connectivity index (χ1v) is 15.3. The molecule has 4 heteroatoms. The molecule has 210 valence electrons. The van der Waals surface area contributed by atoms with Gasteiger partial charge in [-0.15, -0.1) is 0 Å². The summed E-state index contributed by atoms with van der Waals surface area (Å²) in [5.74, 6) is -1.89. The summed E-state index contributed by atoms with van der Waals surface area (Å²) in [7, 11) is 0. The lowest BCUT2D eigenvalue weighted by atomic mass is 9.97. The maximum atomic E-state index is 12.0. The highest BCUT2D eigenvalue weighted by Crippen LogP contribution is 2.18. The summed E-state index contributed by atoms with van der Waals surface area (Å²) in [4.78, 5) is 22.9. The highest BCUT2D eigenvalue weighted by atomic mass is 16.5. The third kappa shape index (κ3) is 25.5. The number of rotatable bonds is 28. The smallest absolute Gasteiger partial charge is 0.309 e. The predicted molar refractivity (Wildman–Crippen MR) is 153 cm³/mol. The van der Waals surface area contributed by atoms with Gasteiger partial charge in [-0.3, -0.25) is 9.59 Å². The van der Waals surface area contributed by atoms with Gasteiger partial charge < -0.3 is 9.84 Å². The number of carbonyl (C=O) groups is 2. The van der Waals surface area contributed by atoms with Crippen LogP contribution in [0.5, 0.6) is 0 Å². The minimum absolute atomic E-state index is 0.144. The Hall–Kier alpha value is -1.58. The van der Waals surface area contributed by atoms with Gasteiger partial charge in [0.1, 0.15) is 6.61 Å². The van der Waals surface area contributed by atoms with Crippen LogP contribution >= 0.6 is 0 Å². The number of esters is 1. The molecule has 0 aliphatic carbocycles. The minimum Gasteiger partial charge on any atom is -0.481 e. The molecule has 0 heterocycles. The van der Waals surface area contributed by atoms with Crippen LogP contribution < -0.4 is 0 Å². The van der Waals surface area contributed by atoms with E-state index in [2.05, 4.69) is 25.7 Å². The number of aliphatic carboxylic acids is 1. The third-order valence-electron chi connectivity index (χ3n) is 6.91. The van der Waals surface area contributed by atoms with Crippen LogP contribution in [0, 0.1) is 5.92 Å². The van der Waals surface area contributed by atoms with Crippen molar-refractivity contribution in [1.29, 1.82) is 0 Å². The maximum absolute atomic E-state index is 12.0. The fourth-order valence-electron chi connectivity index (χ4n) is 4.65. The average Bonchev–Trinajstić information content (AvgIpc) is 2.86. The van der Waals surface area contributed by atoms with Crippen LogP contribution in [-0.4, -0.2) is 23.7 Å². The van der Waals surface area contributed by atoms with Crippen LogP contribution in [0.3, 0.4) is 0 Å². The van der Waals surface area contributed by atoms with Crippen LogP contribution in [0.25, 0.3) is 0 Å². The number of hydrogen-bond donors (Lipinski definition) is 1. The second-order valence-corrected chi connectivity index (χ2v) is 10.4. The minimum atomic E-state index is -0.943. The molecular weight excluding hydrogens is 448 g/mol. The van der Waals surface area contributed by atoms with Crippen LogP contribution in [0.15, 0.2) is 24.8 Å². The number of unbranched alkanes of at least 4 members (excludes halogenated alkanes) is 19. The third-order valence-corrected chi connectivity index (χ3v) is 6.91. The zero-order chi connectivity index (χ0) is 26.5. The molecule has 0 saturated heterocycles. The van der Waals surface area contributed by atoms with E-state index in [1.54, 1.807) is 0 Å². The molecule has 36 heavy (non-hydrogen) atoms. The molecule has 0 spiro atoms. The molecule has 0 aromatic carbocycles. The van der Waals surface area contributed by atoms with Crippen molar-refractivity contribution in [3.8, 4) is 0 Å². The van der Waals surface area contributed by atoms with Gasteiger partial charge in [-0.25, -0.2) is 0 Å². The standard InChI is InChI=1S/C32H58O4/c1-3-5-6-7-8-9-10-11-12-13-14-15-16-17-18-19-20-21-22-23-24-25-26-27-30(29-31(33)34)32(35)36-28-4-2/h4,13-14,30H,2-3,5-12,15-29H2,1H3,(H,33,34)/b14-13+. The van der Waals surface area contributed by atoms with Crippen molar-refractivity contribution >= 4 is 11.9 Å². The van der Waals surface area contributed by atoms with Crippen molar-refractivity contribution in [1.82, 2.24) is 0 Å². The molecule has 0 aliphatic rings. The summed E-state index contributed by atoms with van der Waals surface area (Å²) in [6.07, 6.45) is 34.1. The summed E-state index contributed by atoms with van der Waals surface area (Å²) >= 11 is 0. The Morgan fingerprint density at radius 2 is 1.11 bits per heavy atom. The Bertz CT molecular complexity index is 540. The Morgan fingerprint density at radius 3 is 1.53 bits per heavy atom. The SMILES string of the molecule is C=CCOC(=O)C(CCCCCCCCCCCCC/C=C/CCCCCCCCCC)CC(=O)O. The van der Waals surface area contributed by atoms with Crippen LogP contribution in [0.1, 0.15) is 155 Å². The predicted octanol–water partition coefficient (Wildman–Crippen LogP) is 9.96. The Labute approximate surface area is 223 Å². The normalized spacial score (nSPS) is 12.1. The molecule has 0 fully saturated rings. The van der Waals surface area contributed by atoms with Gasteiger partial charge in [0, 0.05) is 0 Å². The van der Waals surface area contributed by atoms with Crippen molar-refractivity contribution in [3.63, 3.8) is 0 Å². The second-order valence-electron chi connectivity index (χ2n) is 10.4. The molecular formula is C32H58O4. The highest BCUT2D eigenvalue weighted by Gasteiger charge is 2.22. The fourth-order valence-corrected chi connectivity index (χ4v) is 4.65. The quantitative estimate of drug-likeness (QED) is 0.0651. The van der Waals surface area contributed by atoms with Gasteiger partial charge in [-0.2, -0.15) is 0 Å². The summed E-state index contributed by atoms with van der Waals surface area (Å²) in [6.45, 7) is 5.94. The second kappa shape index (κ2) is 28.0. The van der Waals surface area contributed by atoms with E-state index in [0.29, 0.717) is 6.42 Å². The zero-order valence-electron chi connectivity index (χ0n) is 23.7. The number of ether oxygens (including phenoxy) is 1. The first-order valence-electron chi connectivity index (χ1n) is 15.3. The van der Waals surface area contributed by atoms with Gasteiger partial charge in [0.15, 0.2) is 0 Å². The number of carboxylic acids is 1. The molecule has 4 nitrogen and oxygen atoms in total. The lowest BCUT2D eigenvalue weighted by Crippen LogP contribution is -2.21. The highest BCUT2D eigenvalue weighted by molar-refractivity contribution is 5.79. The molecule has 0 aromatic heterocycles. The molecule has 0 bridgehead atoms. The summed E-state index contributed by atoms with van der Waals surface area (Å²) in [6, 6.07) is 0. The first kappa shape index (κ1) is 34.4. The van der Waals surface area contributed by atoms with Crippen molar-refractivity contribution in [3.05, 3.63) is 24.8 Å². The number of carboxylic acid groups (broad SMARTS) is 1. The topological polar surface area (TPSA) is 63.6 Å². The Morgan fingerprint density at radius 1 is 0.694 bits per heavy atom. The van der Waals surface area contributed by atoms with E-state index in [1.807, 2.05) is 0 Å². The summed E-state index contributed by atoms with van der Waals surface area (Å²) in [5.41, 5.74) is 0. The van der Waals surface area contributed by atoms with E-state index in [9.17, 15) is 9.59 Å². The van der Waals surface area contributed by atoms with E-state index >= 15 is 0 Å². The molecule has 0 aromatic rings. The molecule has 1 N–H and O–H groups in total. The number of allylic oxidation sites excluding steroid dienone is 2. The molecule has 1 atom stereocenters. The molecule has 0 aliphatic heterocycles. The largest absolute Gasteiger partial charge is 0.481 e. The van der Waals surface area contributed by atoms with Crippen LogP contribution in [0.4, 0.5) is 0 Å². The van der Waals surface area contributed by atoms with Crippen molar-refractivity contribution in [2.45, 2.75) is 155 Å². The molecule has 0 saturated carbocycles. The average molecular weight is 507 g/mol. The monoisotopic (exact) mass is 506 g/mol. The lowest BCUT2D eigenvalue weighted by Gasteiger charge is -2.13. The Balaban J connectivity index is 3.40. The summed E-state index contributed by atoms with van der Waals surface area (Å²) in [5, 5.41) is 9.01. The zero-order valence-corrected chi connectivity index (χ0v) is 23.7. The van der Waals surface area contributed by atoms with Crippen LogP contribution in [-0.2, 0) is 14.3 Å². The van der Waals surface area contributed by atoms with Gasteiger partial charge in [0.05, 0.1) is 12.3 Å². The Kier molecular flexibility index (Phi) is 26.8. The maximum Gasteiger partial charge on any atom is 0.309 e. The molecule has 0 radical (unpaired) electrons. The van der Waals surface area contributed by atoms with Gasteiger partial charge in [-0.1, -0.05) is 141 Å². The number of carbonyl (C=O) groups excluding carboxylic acids is 1. The van der Waals surface area contributed by atoms with E-state index < -0.39 is 17.9 Å². The van der Waals surface area contributed by atoms with Crippen LogP contribution in [0.2, 0.25) is 0 Å². The first-order chi connectivity index (χ1) is 17.6. The van der Waals surface area contributed by atoms with Gasteiger partial charge in [-0.05, 0) is 32.1 Å². The van der Waals surface area contributed by atoms with Crippen molar-refractivity contribution in [2.24, 2.45) is 5.92 Å². The van der Waals surface area contributed by atoms with Gasteiger partial charge >= 0.3 is 11.9 Å². The van der Waals surface area contributed by atoms with E-state index in [1.165, 1.54) is 122 Å². The van der Waals surface area contributed by atoms with Crippen molar-refractivity contribution < 1.29 is 19.4 Å². The number of hydrogen-bond acceptors (Lipinski definition) is 3. The van der Waals surface area contributed by atoms with Gasteiger partial charge in [0.2, 0.25) is 0 Å². The molecule has 0 amide bonds. The van der Waals surface area contributed by atoms with Crippen molar-refractivity contribution in [2.75, 3.05) is 6.61 Å². The van der Waals surface area contributed by atoms with E-state index in [4.69, 9.17) is 9.84 Å².